The van der Waals surface area contributed by atoms with Crippen molar-refractivity contribution in [3.8, 4) is 0 Å². The minimum Gasteiger partial charge on any atom is -0.465 e. The number of ether oxygens (including phenoxy) is 1. The van der Waals surface area contributed by atoms with Crippen molar-refractivity contribution >= 4 is 29.2 Å². The summed E-state index contributed by atoms with van der Waals surface area (Å²) in [6, 6.07) is 6.97. The van der Waals surface area contributed by atoms with Crippen molar-refractivity contribution in [3.05, 3.63) is 57.9 Å². The predicted octanol–water partition coefficient (Wildman–Crippen LogP) is 3.35. The average Bonchev–Trinajstić information content (AvgIpc) is 3.03. The molecule has 0 fully saturated rings. The number of nitrogens with one attached hydrogen (secondary N) is 1. The van der Waals surface area contributed by atoms with Crippen LogP contribution in [0.4, 0.5) is 5.82 Å². The van der Waals surface area contributed by atoms with Crippen LogP contribution in [0.25, 0.3) is 0 Å². The normalized spacial score (nSPS) is 19.1. The molecule has 6 nitrogen and oxygen atoms in total. The van der Waals surface area contributed by atoms with Crippen molar-refractivity contribution in [1.82, 2.24) is 9.78 Å². The lowest BCUT2D eigenvalue weighted by atomic mass is 9.85. The van der Waals surface area contributed by atoms with Crippen molar-refractivity contribution in [2.45, 2.75) is 25.3 Å². The highest BCUT2D eigenvalue weighted by Gasteiger charge is 2.37. The van der Waals surface area contributed by atoms with Crippen molar-refractivity contribution in [1.29, 1.82) is 0 Å². The van der Waals surface area contributed by atoms with Gasteiger partial charge < -0.3 is 10.1 Å². The second-order valence-electron chi connectivity index (χ2n) is 6.09. The molecule has 1 atom stereocenters. The third-order valence-electron chi connectivity index (χ3n) is 4.61. The van der Waals surface area contributed by atoms with Gasteiger partial charge in [-0.25, -0.2) is 9.48 Å². The van der Waals surface area contributed by atoms with Crippen LogP contribution in [0, 0.1) is 0 Å². The van der Waals surface area contributed by atoms with Gasteiger partial charge >= 0.3 is 5.97 Å². The van der Waals surface area contributed by atoms with E-state index in [1.54, 1.807) is 10.7 Å². The van der Waals surface area contributed by atoms with Crippen molar-refractivity contribution in [2.75, 3.05) is 12.4 Å². The maximum Gasteiger partial charge on any atom is 0.343 e. The molecule has 7 heteroatoms. The van der Waals surface area contributed by atoms with Crippen LogP contribution in [0.1, 0.15) is 41.2 Å². The van der Waals surface area contributed by atoms with Crippen molar-refractivity contribution in [2.24, 2.45) is 0 Å². The number of methoxy groups -OCH3 is 1. The maximum absolute atomic E-state index is 12.6. The average molecular weight is 358 g/mol. The number of aromatic nitrogens is 2. The number of carbonyl (C=O) groups is 2. The van der Waals surface area contributed by atoms with Crippen LogP contribution in [0.3, 0.4) is 0 Å². The Bertz CT molecular complexity index is 916. The summed E-state index contributed by atoms with van der Waals surface area (Å²) in [6.07, 6.45) is 3.52. The van der Waals surface area contributed by atoms with E-state index in [2.05, 4.69) is 10.4 Å². The molecule has 2 heterocycles. The highest BCUT2D eigenvalue weighted by Crippen LogP contribution is 2.41. The van der Waals surface area contributed by atoms with Crippen molar-refractivity contribution < 1.29 is 14.3 Å². The van der Waals surface area contributed by atoms with E-state index >= 15 is 0 Å². The molecule has 128 valence electrons. The first-order chi connectivity index (χ1) is 12.1. The SMILES string of the molecule is COC(=O)c1cnn2c1NC1=C(C(=O)CCC1)[C@@H]2c1cccc(Cl)c1. The van der Waals surface area contributed by atoms with Crippen LogP contribution in [0.2, 0.25) is 5.02 Å². The Kier molecular flexibility index (Phi) is 3.84. The van der Waals surface area contributed by atoms with Crippen molar-refractivity contribution in [3.63, 3.8) is 0 Å². The molecule has 1 aliphatic carbocycles. The minimum absolute atomic E-state index is 0.0968. The van der Waals surface area contributed by atoms with E-state index in [0.29, 0.717) is 28.4 Å². The van der Waals surface area contributed by atoms with Gasteiger partial charge in [-0.05, 0) is 30.5 Å². The standard InChI is InChI=1S/C18H16ClN3O3/c1-25-18(24)12-9-20-22-16(10-4-2-5-11(19)8-10)15-13(21-17(12)22)6-3-7-14(15)23/h2,4-5,8-9,16,21H,3,6-7H2,1H3/t16-/m0/s1. The molecule has 1 aromatic heterocycles. The first-order valence-electron chi connectivity index (χ1n) is 8.04. The monoisotopic (exact) mass is 357 g/mol. The quantitative estimate of drug-likeness (QED) is 0.834. The van der Waals surface area contributed by atoms with E-state index in [-0.39, 0.29) is 5.78 Å². The Hall–Kier alpha value is -2.60. The molecule has 1 aliphatic heterocycles. The molecule has 0 saturated carbocycles. The molecule has 1 N–H and O–H groups in total. The fourth-order valence-corrected chi connectivity index (χ4v) is 3.70. The van der Waals surface area contributed by atoms with Crippen LogP contribution >= 0.6 is 11.6 Å². The molecule has 2 aliphatic rings. The Morgan fingerprint density at radius 2 is 2.24 bits per heavy atom. The molecule has 0 bridgehead atoms. The first-order valence-corrected chi connectivity index (χ1v) is 8.42. The summed E-state index contributed by atoms with van der Waals surface area (Å²) >= 11 is 6.16. The van der Waals surface area contributed by atoms with Crippen LogP contribution in [0.5, 0.6) is 0 Å². The summed E-state index contributed by atoms with van der Waals surface area (Å²) in [5.74, 6) is 0.176. The lowest BCUT2D eigenvalue weighted by Crippen LogP contribution is -2.31. The number of esters is 1. The second kappa shape index (κ2) is 6.04. The number of carbonyl (C=O) groups excluding carboxylic acids is 2. The minimum atomic E-state index is -0.468. The Morgan fingerprint density at radius 1 is 1.40 bits per heavy atom. The number of anilines is 1. The molecule has 0 amide bonds. The number of allylic oxidation sites excluding steroid dienone is 2. The molecule has 4 rings (SSSR count). The summed E-state index contributed by atoms with van der Waals surface area (Å²) in [4.78, 5) is 24.7. The van der Waals surface area contributed by atoms with Crippen LogP contribution in [0.15, 0.2) is 41.7 Å². The number of ketones is 1. The molecule has 0 spiro atoms. The molecule has 0 unspecified atom stereocenters. The smallest absolute Gasteiger partial charge is 0.343 e. The first kappa shape index (κ1) is 15.9. The van der Waals surface area contributed by atoms with Gasteiger partial charge in [0.05, 0.1) is 13.3 Å². The van der Waals surface area contributed by atoms with Gasteiger partial charge in [-0.1, -0.05) is 23.7 Å². The lowest BCUT2D eigenvalue weighted by molar-refractivity contribution is -0.116. The lowest BCUT2D eigenvalue weighted by Gasteiger charge is -2.33. The zero-order chi connectivity index (χ0) is 17.6. The molecule has 0 radical (unpaired) electrons. The molecule has 1 aromatic carbocycles. The van der Waals surface area contributed by atoms with E-state index in [0.717, 1.165) is 24.1 Å². The third kappa shape index (κ3) is 2.53. The Labute approximate surface area is 149 Å². The number of rotatable bonds is 2. The number of fused-ring (bicyclic) bond motifs is 1. The summed E-state index contributed by atoms with van der Waals surface area (Å²) in [7, 11) is 1.33. The van der Waals surface area contributed by atoms with Gasteiger partial charge in [-0.15, -0.1) is 0 Å². The highest BCUT2D eigenvalue weighted by atomic mass is 35.5. The third-order valence-corrected chi connectivity index (χ3v) is 4.84. The fraction of sp³-hybridized carbons (Fsp3) is 0.278. The van der Waals surface area contributed by atoms with E-state index in [1.165, 1.54) is 13.3 Å². The zero-order valence-corrected chi connectivity index (χ0v) is 14.3. The van der Waals surface area contributed by atoms with Crippen LogP contribution < -0.4 is 5.32 Å². The summed E-state index contributed by atoms with van der Waals surface area (Å²) in [6.45, 7) is 0. The van der Waals surface area contributed by atoms with Crippen LogP contribution in [-0.2, 0) is 9.53 Å². The van der Waals surface area contributed by atoms with Gasteiger partial charge in [0.1, 0.15) is 17.4 Å². The number of nitrogens with zero attached hydrogens (tertiary/aromatic N) is 2. The maximum atomic E-state index is 12.6. The summed E-state index contributed by atoms with van der Waals surface area (Å²) in [5, 5.41) is 8.18. The number of benzene rings is 1. The van der Waals surface area contributed by atoms with E-state index < -0.39 is 12.0 Å². The largest absolute Gasteiger partial charge is 0.465 e. The van der Waals surface area contributed by atoms with Crippen LogP contribution in [-0.4, -0.2) is 28.6 Å². The highest BCUT2D eigenvalue weighted by molar-refractivity contribution is 6.30. The zero-order valence-electron chi connectivity index (χ0n) is 13.6. The van der Waals surface area contributed by atoms with Gasteiger partial charge in [0.15, 0.2) is 5.78 Å². The van der Waals surface area contributed by atoms with Gasteiger partial charge in [0.25, 0.3) is 0 Å². The summed E-state index contributed by atoms with van der Waals surface area (Å²) in [5.41, 5.74) is 2.75. The number of halogens is 1. The van der Waals surface area contributed by atoms with E-state index in [1.807, 2.05) is 18.2 Å². The Balaban J connectivity index is 1.93. The summed E-state index contributed by atoms with van der Waals surface area (Å²) < 4.78 is 6.51. The fourth-order valence-electron chi connectivity index (χ4n) is 3.50. The number of Topliss-reactive ketones (excluding diaryl/α,β-unsaturated/α-hetero) is 1. The second-order valence-corrected chi connectivity index (χ2v) is 6.53. The van der Waals surface area contributed by atoms with Gasteiger partial charge in [-0.2, -0.15) is 5.10 Å². The van der Waals surface area contributed by atoms with Gasteiger partial charge in [-0.3, -0.25) is 4.79 Å². The predicted molar refractivity (Wildman–Crippen MR) is 92.7 cm³/mol. The topological polar surface area (TPSA) is 73.2 Å². The van der Waals surface area contributed by atoms with Gasteiger partial charge in [0.2, 0.25) is 0 Å². The van der Waals surface area contributed by atoms with Gasteiger partial charge in [0, 0.05) is 22.7 Å². The molecular formula is C18H16ClN3O3. The van der Waals surface area contributed by atoms with E-state index in [9.17, 15) is 9.59 Å². The number of hydrogen-bond acceptors (Lipinski definition) is 5. The Morgan fingerprint density at radius 3 is 3.00 bits per heavy atom. The van der Waals surface area contributed by atoms with E-state index in [4.69, 9.17) is 16.3 Å². The number of hydrogen-bond donors (Lipinski definition) is 1. The molecule has 2 aromatic rings. The molecule has 0 saturated heterocycles. The molecule has 25 heavy (non-hydrogen) atoms. The molecular weight excluding hydrogens is 342 g/mol.